The topological polar surface area (TPSA) is 20.3 Å². The summed E-state index contributed by atoms with van der Waals surface area (Å²) in [4.78, 5) is 17.2. The molecule has 1 aliphatic heterocycles. The molecule has 0 aromatic heterocycles. The molecule has 41 heavy (non-hydrogen) atoms. The number of Topliss-reactive ketones (excluding diaryl/α,β-unsaturated/α-hetero) is 1. The van der Waals surface area contributed by atoms with Crippen LogP contribution in [0.2, 0.25) is 5.02 Å². The van der Waals surface area contributed by atoms with Crippen molar-refractivity contribution < 1.29 is 4.79 Å². The highest BCUT2D eigenvalue weighted by Crippen LogP contribution is 2.59. The van der Waals surface area contributed by atoms with Gasteiger partial charge in [-0.15, -0.1) is 0 Å². The molecule has 0 N–H and O–H groups in total. The molecule has 0 bridgehead atoms. The van der Waals surface area contributed by atoms with Crippen molar-refractivity contribution >= 4 is 39.9 Å². The summed E-state index contributed by atoms with van der Waals surface area (Å²) in [5.74, 6) is -0.432. The molecule has 198 valence electrons. The molecule has 0 amide bonds. The summed E-state index contributed by atoms with van der Waals surface area (Å²) >= 11 is 6.36. The number of nitrogens with zero attached hydrogens (tertiary/aromatic N) is 1. The van der Waals surface area contributed by atoms with E-state index in [0.717, 1.165) is 44.8 Å². The molecule has 1 aliphatic carbocycles. The summed E-state index contributed by atoms with van der Waals surface area (Å²) < 4.78 is 0. The lowest BCUT2D eigenvalue weighted by Crippen LogP contribution is -2.45. The van der Waals surface area contributed by atoms with E-state index in [-0.39, 0.29) is 5.78 Å². The molecule has 5 aromatic carbocycles. The fourth-order valence-electron chi connectivity index (χ4n) is 6.65. The SMILES string of the molecule is CN1c2ccccc2C2(C=C(c3ccccc3)C=C(c3ccc(Cl)cc3)C2C(=O)c2ccccc2)c2ccccc21. The first-order valence-electron chi connectivity index (χ1n) is 13.9. The van der Waals surface area contributed by atoms with Gasteiger partial charge in [-0.05, 0) is 57.7 Å². The number of carbonyl (C=O) groups is 1. The standard InChI is InChI=1S/C38H28ClNO/c1-40-34-18-10-8-16-32(34)38(33-17-9-11-19-35(33)40)25-29(26-12-4-2-5-13-26)24-31(27-20-22-30(39)23-21-27)36(38)37(41)28-14-6-3-7-15-28/h2-25,36H,1H3. The molecule has 1 heterocycles. The van der Waals surface area contributed by atoms with E-state index in [1.54, 1.807) is 0 Å². The average Bonchev–Trinajstić information content (AvgIpc) is 3.04. The first-order chi connectivity index (χ1) is 20.1. The molecule has 5 aromatic rings. The number of ketones is 1. The normalized spacial score (nSPS) is 16.8. The summed E-state index contributed by atoms with van der Waals surface area (Å²) in [5.41, 5.74) is 8.51. The second kappa shape index (κ2) is 10.1. The molecule has 2 aliphatic rings. The van der Waals surface area contributed by atoms with Crippen LogP contribution in [0.25, 0.3) is 11.1 Å². The van der Waals surface area contributed by atoms with E-state index < -0.39 is 11.3 Å². The van der Waals surface area contributed by atoms with Crippen molar-refractivity contribution in [3.63, 3.8) is 0 Å². The van der Waals surface area contributed by atoms with Gasteiger partial charge in [0.25, 0.3) is 0 Å². The minimum absolute atomic E-state index is 0.0873. The largest absolute Gasteiger partial charge is 0.344 e. The molecule has 0 radical (unpaired) electrons. The fourth-order valence-corrected chi connectivity index (χ4v) is 6.77. The second-order valence-corrected chi connectivity index (χ2v) is 11.1. The first-order valence-corrected chi connectivity index (χ1v) is 14.2. The molecule has 1 spiro atoms. The molecule has 3 heteroatoms. The van der Waals surface area contributed by atoms with Gasteiger partial charge in [-0.2, -0.15) is 0 Å². The Labute approximate surface area is 245 Å². The molecule has 2 nitrogen and oxygen atoms in total. The first kappa shape index (κ1) is 25.3. The summed E-state index contributed by atoms with van der Waals surface area (Å²) in [6.07, 6.45) is 4.55. The van der Waals surface area contributed by atoms with Crippen LogP contribution in [0, 0.1) is 5.92 Å². The van der Waals surface area contributed by atoms with Gasteiger partial charge in [-0.3, -0.25) is 4.79 Å². The Balaban J connectivity index is 1.62. The van der Waals surface area contributed by atoms with Gasteiger partial charge < -0.3 is 4.90 Å². The predicted molar refractivity (Wildman–Crippen MR) is 170 cm³/mol. The van der Waals surface area contributed by atoms with Crippen molar-refractivity contribution in [2.45, 2.75) is 5.41 Å². The van der Waals surface area contributed by atoms with E-state index in [1.165, 1.54) is 0 Å². The molecule has 1 unspecified atom stereocenters. The molecular formula is C38H28ClNO. The van der Waals surface area contributed by atoms with E-state index in [2.05, 4.69) is 96.9 Å². The van der Waals surface area contributed by atoms with E-state index >= 15 is 0 Å². The maximum Gasteiger partial charge on any atom is 0.171 e. The van der Waals surface area contributed by atoms with Crippen molar-refractivity contribution in [1.82, 2.24) is 0 Å². The number of carbonyl (C=O) groups excluding carboxylic acids is 1. The Morgan fingerprint density at radius 2 is 1.20 bits per heavy atom. The molecule has 0 saturated heterocycles. The lowest BCUT2D eigenvalue weighted by atomic mass is 9.55. The van der Waals surface area contributed by atoms with Gasteiger partial charge >= 0.3 is 0 Å². The van der Waals surface area contributed by atoms with Gasteiger partial charge in [0.2, 0.25) is 0 Å². The Morgan fingerprint density at radius 1 is 0.659 bits per heavy atom. The quantitative estimate of drug-likeness (QED) is 0.208. The van der Waals surface area contributed by atoms with Crippen molar-refractivity contribution in [2.75, 3.05) is 11.9 Å². The minimum Gasteiger partial charge on any atom is -0.344 e. The zero-order valence-electron chi connectivity index (χ0n) is 22.7. The van der Waals surface area contributed by atoms with E-state index in [1.807, 2.05) is 60.7 Å². The number of rotatable bonds is 4. The van der Waals surface area contributed by atoms with Crippen LogP contribution in [0.15, 0.2) is 146 Å². The van der Waals surface area contributed by atoms with E-state index in [0.29, 0.717) is 10.6 Å². The number of hydrogen-bond acceptors (Lipinski definition) is 2. The van der Waals surface area contributed by atoms with Gasteiger partial charge in [-0.25, -0.2) is 0 Å². The number of allylic oxidation sites excluding steroid dienone is 4. The Morgan fingerprint density at radius 3 is 1.80 bits per heavy atom. The monoisotopic (exact) mass is 549 g/mol. The van der Waals surface area contributed by atoms with Crippen LogP contribution in [-0.2, 0) is 5.41 Å². The number of fused-ring (bicyclic) bond motifs is 4. The van der Waals surface area contributed by atoms with Crippen LogP contribution < -0.4 is 4.90 Å². The Bertz CT molecular complexity index is 1770. The van der Waals surface area contributed by atoms with Crippen LogP contribution in [0.5, 0.6) is 0 Å². The van der Waals surface area contributed by atoms with E-state index in [9.17, 15) is 4.79 Å². The van der Waals surface area contributed by atoms with Crippen LogP contribution in [0.1, 0.15) is 32.6 Å². The summed E-state index contributed by atoms with van der Waals surface area (Å²) in [5, 5.41) is 0.666. The lowest BCUT2D eigenvalue weighted by molar-refractivity contribution is 0.0924. The lowest BCUT2D eigenvalue weighted by Gasteiger charge is -2.49. The van der Waals surface area contributed by atoms with Gasteiger partial charge in [0.1, 0.15) is 0 Å². The number of halogens is 1. The predicted octanol–water partition coefficient (Wildman–Crippen LogP) is 9.39. The van der Waals surface area contributed by atoms with Gasteiger partial charge in [0.15, 0.2) is 5.78 Å². The van der Waals surface area contributed by atoms with Crippen molar-refractivity contribution in [3.05, 3.63) is 178 Å². The van der Waals surface area contributed by atoms with Gasteiger partial charge in [-0.1, -0.05) is 133 Å². The Kier molecular flexibility index (Phi) is 6.22. The van der Waals surface area contributed by atoms with Crippen LogP contribution >= 0.6 is 11.6 Å². The molecule has 0 fully saturated rings. The summed E-state index contributed by atoms with van der Waals surface area (Å²) in [7, 11) is 2.11. The van der Waals surface area contributed by atoms with Gasteiger partial charge in [0.05, 0.1) is 11.3 Å². The fraction of sp³-hybridized carbons (Fsp3) is 0.0789. The zero-order chi connectivity index (χ0) is 28.0. The average molecular weight is 550 g/mol. The smallest absolute Gasteiger partial charge is 0.171 e. The van der Waals surface area contributed by atoms with Crippen molar-refractivity contribution in [1.29, 1.82) is 0 Å². The molecule has 7 rings (SSSR count). The third-order valence-corrected chi connectivity index (χ3v) is 8.74. The van der Waals surface area contributed by atoms with Gasteiger partial charge in [0, 0.05) is 29.0 Å². The molecule has 0 saturated carbocycles. The zero-order valence-corrected chi connectivity index (χ0v) is 23.4. The van der Waals surface area contributed by atoms with Crippen LogP contribution in [0.4, 0.5) is 11.4 Å². The molecular weight excluding hydrogens is 522 g/mol. The van der Waals surface area contributed by atoms with Crippen LogP contribution in [-0.4, -0.2) is 12.8 Å². The summed E-state index contributed by atoms with van der Waals surface area (Å²) in [6, 6.07) is 45.1. The minimum atomic E-state index is -0.762. The van der Waals surface area contributed by atoms with Crippen molar-refractivity contribution in [3.8, 4) is 0 Å². The molecule has 1 atom stereocenters. The third kappa shape index (κ3) is 4.06. The van der Waals surface area contributed by atoms with E-state index in [4.69, 9.17) is 11.6 Å². The second-order valence-electron chi connectivity index (χ2n) is 10.7. The number of hydrogen-bond donors (Lipinski definition) is 0. The third-order valence-electron chi connectivity index (χ3n) is 8.49. The number of anilines is 2. The number of para-hydroxylation sites is 2. The highest BCUT2D eigenvalue weighted by atomic mass is 35.5. The van der Waals surface area contributed by atoms with Crippen LogP contribution in [0.3, 0.4) is 0 Å². The van der Waals surface area contributed by atoms with Crippen molar-refractivity contribution in [2.24, 2.45) is 5.92 Å². The highest BCUT2D eigenvalue weighted by molar-refractivity contribution is 6.30. The number of benzene rings is 5. The maximum atomic E-state index is 15.0. The maximum absolute atomic E-state index is 15.0. The Hall–Kier alpha value is -4.66. The highest BCUT2D eigenvalue weighted by Gasteiger charge is 2.52. The summed E-state index contributed by atoms with van der Waals surface area (Å²) in [6.45, 7) is 0.